The fraction of sp³-hybridized carbons (Fsp3) is 0.500. The molecular weight excluding hydrogens is 228 g/mol. The summed E-state index contributed by atoms with van der Waals surface area (Å²) in [5.74, 6) is 0.123. The van der Waals surface area contributed by atoms with Crippen LogP contribution in [0.5, 0.6) is 5.75 Å². The number of aromatic hydroxyl groups is 1. The molecule has 1 aliphatic rings. The van der Waals surface area contributed by atoms with Crippen LogP contribution in [0.15, 0.2) is 18.2 Å². The quantitative estimate of drug-likeness (QED) is 0.814. The van der Waals surface area contributed by atoms with Crippen LogP contribution in [-0.4, -0.2) is 60.5 Å². The van der Waals surface area contributed by atoms with Gasteiger partial charge in [0, 0.05) is 26.2 Å². The van der Waals surface area contributed by atoms with Crippen molar-refractivity contribution in [3.8, 4) is 5.75 Å². The smallest absolute Gasteiger partial charge is 0.180 e. The molecule has 4 nitrogen and oxygen atoms in total. The number of hydrogen-bond acceptors (Lipinski definition) is 4. The number of ketones is 1. The lowest BCUT2D eigenvalue weighted by molar-refractivity contribution is 0.0874. The van der Waals surface area contributed by atoms with Gasteiger partial charge >= 0.3 is 0 Å². The number of carbonyl (C=O) groups is 1. The highest BCUT2D eigenvalue weighted by molar-refractivity contribution is 6.00. The number of aryl methyl sites for hydroxylation is 1. The van der Waals surface area contributed by atoms with Gasteiger partial charge in [-0.05, 0) is 25.6 Å². The molecule has 0 unspecified atom stereocenters. The summed E-state index contributed by atoms with van der Waals surface area (Å²) in [7, 11) is 2.09. The molecule has 0 radical (unpaired) electrons. The predicted molar refractivity (Wildman–Crippen MR) is 71.1 cm³/mol. The largest absolute Gasteiger partial charge is 0.507 e. The highest BCUT2D eigenvalue weighted by Crippen LogP contribution is 2.22. The van der Waals surface area contributed by atoms with Crippen LogP contribution in [0.3, 0.4) is 0 Å². The van der Waals surface area contributed by atoms with Crippen LogP contribution in [0.4, 0.5) is 0 Å². The van der Waals surface area contributed by atoms with Gasteiger partial charge in [0.05, 0.1) is 12.1 Å². The van der Waals surface area contributed by atoms with Crippen molar-refractivity contribution in [1.82, 2.24) is 9.80 Å². The molecule has 1 fully saturated rings. The summed E-state index contributed by atoms with van der Waals surface area (Å²) in [5, 5.41) is 9.89. The second-order valence-corrected chi connectivity index (χ2v) is 4.97. The standard InChI is InChI=1S/C14H20N2O2/c1-11-4-3-5-12(14(11)18)13(17)10-16-8-6-15(2)7-9-16/h3-5,18H,6-10H2,1-2H3. The second kappa shape index (κ2) is 5.50. The van der Waals surface area contributed by atoms with Crippen LogP contribution in [0.2, 0.25) is 0 Å². The molecule has 1 aliphatic heterocycles. The molecule has 18 heavy (non-hydrogen) atoms. The Balaban J connectivity index is 2.01. The molecule has 1 N–H and O–H groups in total. The first-order valence-corrected chi connectivity index (χ1v) is 6.30. The predicted octanol–water partition coefficient (Wildman–Crippen LogP) is 1.13. The lowest BCUT2D eigenvalue weighted by Crippen LogP contribution is -2.46. The van der Waals surface area contributed by atoms with Crippen molar-refractivity contribution in [2.24, 2.45) is 0 Å². The van der Waals surface area contributed by atoms with Crippen molar-refractivity contribution in [3.05, 3.63) is 29.3 Å². The summed E-state index contributed by atoms with van der Waals surface area (Å²) in [6.07, 6.45) is 0. The zero-order valence-corrected chi connectivity index (χ0v) is 11.0. The maximum atomic E-state index is 12.2. The van der Waals surface area contributed by atoms with E-state index in [1.54, 1.807) is 6.07 Å². The van der Waals surface area contributed by atoms with Crippen LogP contribution in [0.1, 0.15) is 15.9 Å². The molecule has 0 bridgehead atoms. The van der Waals surface area contributed by atoms with Gasteiger partial charge in [-0.15, -0.1) is 0 Å². The van der Waals surface area contributed by atoms with E-state index in [-0.39, 0.29) is 11.5 Å². The van der Waals surface area contributed by atoms with Gasteiger partial charge in [-0.1, -0.05) is 12.1 Å². The number of carbonyl (C=O) groups excluding carboxylic acids is 1. The molecule has 1 heterocycles. The second-order valence-electron chi connectivity index (χ2n) is 4.97. The van der Waals surface area contributed by atoms with Gasteiger partial charge in [0.1, 0.15) is 5.75 Å². The minimum absolute atomic E-state index is 0.000697. The van der Waals surface area contributed by atoms with Crippen molar-refractivity contribution in [3.63, 3.8) is 0 Å². The number of phenolic OH excluding ortho intramolecular Hbond substituents is 1. The molecule has 0 spiro atoms. The Bertz CT molecular complexity index is 437. The highest BCUT2D eigenvalue weighted by atomic mass is 16.3. The van der Waals surface area contributed by atoms with E-state index >= 15 is 0 Å². The lowest BCUT2D eigenvalue weighted by atomic mass is 10.1. The van der Waals surface area contributed by atoms with Crippen LogP contribution >= 0.6 is 0 Å². The molecular formula is C14H20N2O2. The topological polar surface area (TPSA) is 43.8 Å². The monoisotopic (exact) mass is 248 g/mol. The molecule has 1 aromatic carbocycles. The highest BCUT2D eigenvalue weighted by Gasteiger charge is 2.19. The number of hydrogen-bond donors (Lipinski definition) is 1. The number of likely N-dealkylation sites (N-methyl/N-ethyl adjacent to an activating group) is 1. The first-order chi connectivity index (χ1) is 8.58. The minimum atomic E-state index is 0.000697. The third-order valence-electron chi connectivity index (χ3n) is 3.50. The van der Waals surface area contributed by atoms with E-state index < -0.39 is 0 Å². The first-order valence-electron chi connectivity index (χ1n) is 6.30. The zero-order chi connectivity index (χ0) is 13.1. The van der Waals surface area contributed by atoms with Gasteiger partial charge in [0.2, 0.25) is 0 Å². The van der Waals surface area contributed by atoms with Gasteiger partial charge in [-0.2, -0.15) is 0 Å². The van der Waals surface area contributed by atoms with Crippen LogP contribution in [-0.2, 0) is 0 Å². The molecule has 1 aromatic rings. The maximum absolute atomic E-state index is 12.2. The summed E-state index contributed by atoms with van der Waals surface area (Å²) in [4.78, 5) is 16.6. The average molecular weight is 248 g/mol. The molecule has 4 heteroatoms. The van der Waals surface area contributed by atoms with Gasteiger partial charge in [0.25, 0.3) is 0 Å². The minimum Gasteiger partial charge on any atom is -0.507 e. The Labute approximate surface area is 108 Å². The molecule has 0 amide bonds. The van der Waals surface area contributed by atoms with Crippen LogP contribution < -0.4 is 0 Å². The van der Waals surface area contributed by atoms with Gasteiger partial charge in [-0.25, -0.2) is 0 Å². The lowest BCUT2D eigenvalue weighted by Gasteiger charge is -2.31. The SMILES string of the molecule is Cc1cccc(C(=O)CN2CCN(C)CC2)c1O. The van der Waals surface area contributed by atoms with E-state index in [0.717, 1.165) is 31.7 Å². The number of para-hydroxylation sites is 1. The number of rotatable bonds is 3. The van der Waals surface area contributed by atoms with Crippen molar-refractivity contribution < 1.29 is 9.90 Å². The summed E-state index contributed by atoms with van der Waals surface area (Å²) in [6, 6.07) is 5.31. The Hall–Kier alpha value is -1.39. The zero-order valence-electron chi connectivity index (χ0n) is 11.0. The van der Waals surface area contributed by atoms with Gasteiger partial charge < -0.3 is 10.0 Å². The molecule has 98 valence electrons. The summed E-state index contributed by atoms with van der Waals surface area (Å²) < 4.78 is 0. The third kappa shape index (κ3) is 2.89. The molecule has 0 saturated carbocycles. The number of Topliss-reactive ketones (excluding diaryl/α,β-unsaturated/α-hetero) is 1. The van der Waals surface area contributed by atoms with Crippen LogP contribution in [0, 0.1) is 6.92 Å². The summed E-state index contributed by atoms with van der Waals surface area (Å²) in [5.41, 5.74) is 1.19. The van der Waals surface area contributed by atoms with Crippen molar-refractivity contribution in [1.29, 1.82) is 0 Å². The van der Waals surface area contributed by atoms with E-state index in [2.05, 4.69) is 16.8 Å². The van der Waals surface area contributed by atoms with E-state index in [1.807, 2.05) is 19.1 Å². The molecule has 1 saturated heterocycles. The molecule has 0 aromatic heterocycles. The van der Waals surface area contributed by atoms with Gasteiger partial charge in [0.15, 0.2) is 5.78 Å². The summed E-state index contributed by atoms with van der Waals surface area (Å²) >= 11 is 0. The Morgan fingerprint density at radius 1 is 1.28 bits per heavy atom. The Kier molecular flexibility index (Phi) is 3.99. The Morgan fingerprint density at radius 2 is 1.94 bits per heavy atom. The van der Waals surface area contributed by atoms with Crippen molar-refractivity contribution in [2.45, 2.75) is 6.92 Å². The fourth-order valence-electron chi connectivity index (χ4n) is 2.18. The molecule has 2 rings (SSSR count). The Morgan fingerprint density at radius 3 is 2.61 bits per heavy atom. The summed E-state index contributed by atoms with van der Waals surface area (Å²) in [6.45, 7) is 6.01. The van der Waals surface area contributed by atoms with Gasteiger partial charge in [-0.3, -0.25) is 9.69 Å². The van der Waals surface area contributed by atoms with Crippen LogP contribution in [0.25, 0.3) is 0 Å². The van der Waals surface area contributed by atoms with Crippen molar-refractivity contribution in [2.75, 3.05) is 39.8 Å². The molecule has 0 atom stereocenters. The number of piperazine rings is 1. The normalized spacial score (nSPS) is 17.9. The van der Waals surface area contributed by atoms with E-state index in [4.69, 9.17) is 0 Å². The van der Waals surface area contributed by atoms with E-state index in [9.17, 15) is 9.90 Å². The first kappa shape index (κ1) is 13.1. The fourth-order valence-corrected chi connectivity index (χ4v) is 2.18. The van der Waals surface area contributed by atoms with E-state index in [1.165, 1.54) is 0 Å². The molecule has 0 aliphatic carbocycles. The van der Waals surface area contributed by atoms with E-state index in [0.29, 0.717) is 12.1 Å². The third-order valence-corrected chi connectivity index (χ3v) is 3.50. The average Bonchev–Trinajstić information content (AvgIpc) is 2.35. The van der Waals surface area contributed by atoms with Crippen molar-refractivity contribution >= 4 is 5.78 Å². The number of benzene rings is 1. The maximum Gasteiger partial charge on any atom is 0.180 e. The number of nitrogens with zero attached hydrogens (tertiary/aromatic N) is 2. The number of phenols is 1.